The highest BCUT2D eigenvalue weighted by atomic mass is 32.2. The van der Waals surface area contributed by atoms with Crippen molar-refractivity contribution in [3.8, 4) is 5.75 Å². The maximum atomic E-state index is 13.7. The Hall–Kier alpha value is -3.62. The van der Waals surface area contributed by atoms with Gasteiger partial charge in [-0.15, -0.1) is 0 Å². The fourth-order valence-electron chi connectivity index (χ4n) is 4.83. The first kappa shape index (κ1) is 22.8. The molecule has 2 amide bonds. The van der Waals surface area contributed by atoms with E-state index >= 15 is 0 Å². The molecule has 6 rings (SSSR count). The predicted molar refractivity (Wildman–Crippen MR) is 141 cm³/mol. The molecule has 0 radical (unpaired) electrons. The third-order valence-corrected chi connectivity index (χ3v) is 9.00. The number of ether oxygens (including phenoxy) is 1. The topological polar surface area (TPSA) is 79.5 Å². The van der Waals surface area contributed by atoms with Gasteiger partial charge in [-0.2, -0.15) is 0 Å². The van der Waals surface area contributed by atoms with E-state index in [9.17, 15) is 14.4 Å². The molecule has 0 spiro atoms. The van der Waals surface area contributed by atoms with Crippen molar-refractivity contribution in [1.29, 1.82) is 0 Å². The Balaban J connectivity index is 1.32. The van der Waals surface area contributed by atoms with Crippen LogP contribution in [0.4, 0.5) is 5.69 Å². The van der Waals surface area contributed by atoms with Gasteiger partial charge in [0.1, 0.15) is 17.6 Å². The molecule has 6 nitrogen and oxygen atoms in total. The van der Waals surface area contributed by atoms with Gasteiger partial charge in [0.2, 0.25) is 11.8 Å². The van der Waals surface area contributed by atoms with Crippen molar-refractivity contribution in [2.75, 3.05) is 4.90 Å². The first-order valence-corrected chi connectivity index (χ1v) is 13.3. The molecule has 2 aliphatic rings. The molecule has 1 fully saturated rings. The summed E-state index contributed by atoms with van der Waals surface area (Å²) in [5, 5.41) is 0.0740. The van der Waals surface area contributed by atoms with Gasteiger partial charge in [-0.05, 0) is 42.3 Å². The summed E-state index contributed by atoms with van der Waals surface area (Å²) in [5.74, 6) is -0.766. The lowest BCUT2D eigenvalue weighted by Crippen LogP contribution is -2.32. The Morgan fingerprint density at radius 3 is 2.33 bits per heavy atom. The van der Waals surface area contributed by atoms with Crippen LogP contribution in [0, 0.1) is 12.8 Å². The number of aromatic amines is 1. The van der Waals surface area contributed by atoms with Crippen molar-refractivity contribution < 1.29 is 14.3 Å². The summed E-state index contributed by atoms with van der Waals surface area (Å²) in [7, 11) is 0. The number of nitrogens with zero attached hydrogens (tertiary/aromatic N) is 1. The lowest BCUT2D eigenvalue weighted by molar-refractivity contribution is -0.122. The molecule has 8 heteroatoms. The molecule has 180 valence electrons. The van der Waals surface area contributed by atoms with Crippen LogP contribution in [0.1, 0.15) is 27.5 Å². The molecule has 1 N–H and O–H groups in total. The van der Waals surface area contributed by atoms with E-state index in [4.69, 9.17) is 4.74 Å². The number of para-hydroxylation sites is 1. The fourth-order valence-corrected chi connectivity index (χ4v) is 7.35. The number of hydrogen-bond acceptors (Lipinski definition) is 6. The molecule has 0 bridgehead atoms. The summed E-state index contributed by atoms with van der Waals surface area (Å²) in [5.41, 5.74) is 3.72. The van der Waals surface area contributed by atoms with Gasteiger partial charge in [0.25, 0.3) is 0 Å². The highest BCUT2D eigenvalue weighted by Crippen LogP contribution is 2.53. The molecule has 36 heavy (non-hydrogen) atoms. The number of nitrogens with one attached hydrogen (secondary N) is 1. The van der Waals surface area contributed by atoms with Crippen LogP contribution >= 0.6 is 23.1 Å². The highest BCUT2D eigenvalue weighted by Gasteiger charge is 2.56. The molecule has 1 aromatic heterocycles. The Morgan fingerprint density at radius 1 is 0.889 bits per heavy atom. The summed E-state index contributed by atoms with van der Waals surface area (Å²) in [6.07, 6.45) is 0. The number of thiazole rings is 1. The Bertz CT molecular complexity index is 1490. The van der Waals surface area contributed by atoms with Crippen LogP contribution in [0.2, 0.25) is 0 Å². The van der Waals surface area contributed by atoms with Crippen LogP contribution in [-0.2, 0) is 16.2 Å². The van der Waals surface area contributed by atoms with E-state index in [1.54, 1.807) is 12.1 Å². The average Bonchev–Trinajstić information content (AvgIpc) is 3.39. The molecular formula is C28H22N2O4S2. The Morgan fingerprint density at radius 2 is 1.61 bits per heavy atom. The van der Waals surface area contributed by atoms with Crippen LogP contribution < -0.4 is 14.5 Å². The molecule has 0 saturated carbocycles. The zero-order valence-electron chi connectivity index (χ0n) is 19.3. The quantitative estimate of drug-likeness (QED) is 0.374. The number of benzene rings is 3. The fraction of sp³-hybridized carbons (Fsp3) is 0.179. The second kappa shape index (κ2) is 9.11. The van der Waals surface area contributed by atoms with E-state index in [0.717, 1.165) is 27.3 Å². The van der Waals surface area contributed by atoms with Gasteiger partial charge in [0.15, 0.2) is 0 Å². The number of fused-ring (bicyclic) bond motifs is 2. The van der Waals surface area contributed by atoms with Gasteiger partial charge in [-0.3, -0.25) is 14.4 Å². The van der Waals surface area contributed by atoms with Gasteiger partial charge < -0.3 is 9.72 Å². The van der Waals surface area contributed by atoms with Gasteiger partial charge in [0.05, 0.1) is 16.6 Å². The minimum atomic E-state index is -0.599. The van der Waals surface area contributed by atoms with Crippen LogP contribution in [0.15, 0.2) is 88.7 Å². The number of carbonyl (C=O) groups excluding carboxylic acids is 2. The third kappa shape index (κ3) is 3.96. The lowest BCUT2D eigenvalue weighted by atomic mass is 9.83. The standard InChI is InChI=1S/C28H22N2O4S2/c1-16-7-9-17(10-8-16)15-34-20-13-11-18(12-14-20)21-22-24(35-25-23(21)36-28(33)29-25)27(32)30(26(22)31)19-5-3-2-4-6-19/h2-14,21-22,24H,15H2,1H3,(H,29,33)/t21-,22-,24+/m0/s1. The van der Waals surface area contributed by atoms with Gasteiger partial charge in [0, 0.05) is 10.8 Å². The number of amides is 2. The minimum absolute atomic E-state index is 0.185. The number of anilines is 1. The number of rotatable bonds is 5. The predicted octanol–water partition coefficient (Wildman–Crippen LogP) is 5.12. The summed E-state index contributed by atoms with van der Waals surface area (Å²) in [4.78, 5) is 44.1. The normalized spacial score (nSPS) is 20.8. The molecule has 1 saturated heterocycles. The third-order valence-electron chi connectivity index (χ3n) is 6.60. The maximum absolute atomic E-state index is 13.7. The molecule has 3 aromatic carbocycles. The highest BCUT2D eigenvalue weighted by molar-refractivity contribution is 8.00. The maximum Gasteiger partial charge on any atom is 0.305 e. The molecule has 4 aromatic rings. The number of imide groups is 1. The second-order valence-electron chi connectivity index (χ2n) is 8.94. The van der Waals surface area contributed by atoms with Crippen LogP contribution in [0.25, 0.3) is 0 Å². The van der Waals surface area contributed by atoms with Gasteiger partial charge >= 0.3 is 4.87 Å². The van der Waals surface area contributed by atoms with E-state index in [1.807, 2.05) is 61.5 Å². The first-order chi connectivity index (χ1) is 17.5. The first-order valence-electron chi connectivity index (χ1n) is 11.6. The molecule has 3 heterocycles. The van der Waals surface area contributed by atoms with Gasteiger partial charge in [-0.25, -0.2) is 4.90 Å². The van der Waals surface area contributed by atoms with E-state index in [2.05, 4.69) is 17.1 Å². The van der Waals surface area contributed by atoms with E-state index in [0.29, 0.717) is 23.1 Å². The molecule has 0 aliphatic carbocycles. The lowest BCUT2D eigenvalue weighted by Gasteiger charge is -2.29. The minimum Gasteiger partial charge on any atom is -0.489 e. The molecular weight excluding hydrogens is 492 g/mol. The number of aromatic nitrogens is 1. The number of thioether (sulfide) groups is 1. The Kier molecular flexibility index (Phi) is 5.78. The zero-order valence-corrected chi connectivity index (χ0v) is 21.0. The van der Waals surface area contributed by atoms with E-state index in [-0.39, 0.29) is 16.7 Å². The van der Waals surface area contributed by atoms with Gasteiger partial charge in [-0.1, -0.05) is 83.3 Å². The molecule has 3 atom stereocenters. The summed E-state index contributed by atoms with van der Waals surface area (Å²) < 4.78 is 5.96. The zero-order chi connectivity index (χ0) is 24.8. The van der Waals surface area contributed by atoms with Crippen molar-refractivity contribution in [2.24, 2.45) is 5.92 Å². The van der Waals surface area contributed by atoms with Crippen LogP contribution in [-0.4, -0.2) is 22.0 Å². The number of H-pyrrole nitrogens is 1. The summed E-state index contributed by atoms with van der Waals surface area (Å²) in [6, 6.07) is 24.8. The van der Waals surface area contributed by atoms with Crippen molar-refractivity contribution in [3.05, 3.63) is 110 Å². The van der Waals surface area contributed by atoms with Crippen LogP contribution in [0.5, 0.6) is 5.75 Å². The van der Waals surface area contributed by atoms with Crippen LogP contribution in [0.3, 0.4) is 0 Å². The van der Waals surface area contributed by atoms with Crippen molar-refractivity contribution in [1.82, 2.24) is 4.98 Å². The van der Waals surface area contributed by atoms with Crippen molar-refractivity contribution >= 4 is 40.6 Å². The largest absolute Gasteiger partial charge is 0.489 e. The summed E-state index contributed by atoms with van der Waals surface area (Å²) in [6.45, 7) is 2.50. The molecule has 0 unspecified atom stereocenters. The monoisotopic (exact) mass is 514 g/mol. The SMILES string of the molecule is Cc1ccc(COc2ccc([C@@H]3c4sc(=O)[nH]c4S[C@H]4C(=O)N(c5ccccc5)C(=O)[C@@H]34)cc2)cc1. The number of hydrogen-bond donors (Lipinski definition) is 1. The van der Waals surface area contributed by atoms with Crippen molar-refractivity contribution in [2.45, 2.75) is 29.7 Å². The number of aryl methyl sites for hydroxylation is 1. The smallest absolute Gasteiger partial charge is 0.305 e. The second-order valence-corrected chi connectivity index (χ2v) is 11.1. The molecule has 2 aliphatic heterocycles. The van der Waals surface area contributed by atoms with Crippen molar-refractivity contribution in [3.63, 3.8) is 0 Å². The van der Waals surface area contributed by atoms with E-state index in [1.165, 1.54) is 22.2 Å². The number of carbonyl (C=O) groups is 2. The Labute approximate surface area is 215 Å². The van der Waals surface area contributed by atoms with E-state index < -0.39 is 17.1 Å². The average molecular weight is 515 g/mol. The summed E-state index contributed by atoms with van der Waals surface area (Å²) >= 11 is 2.40.